The maximum atomic E-state index is 12.8. The Morgan fingerprint density at radius 2 is 1.89 bits per heavy atom. The average molecular weight is 426 g/mol. The lowest BCUT2D eigenvalue weighted by Gasteiger charge is -2.29. The van der Waals surface area contributed by atoms with E-state index in [4.69, 9.17) is 0 Å². The van der Waals surface area contributed by atoms with Crippen molar-refractivity contribution in [3.05, 3.63) is 35.4 Å². The molecule has 1 heterocycles. The lowest BCUT2D eigenvalue weighted by molar-refractivity contribution is -0.130. The van der Waals surface area contributed by atoms with E-state index in [0.29, 0.717) is 19.4 Å². The zero-order valence-electron chi connectivity index (χ0n) is 16.5. The lowest BCUT2D eigenvalue weighted by atomic mass is 9.94. The van der Waals surface area contributed by atoms with Crippen LogP contribution in [0.1, 0.15) is 49.7 Å². The Hall–Kier alpha value is -1.24. The summed E-state index contributed by atoms with van der Waals surface area (Å²) >= 11 is 1.70. The lowest BCUT2D eigenvalue weighted by Crippen LogP contribution is -2.55. The summed E-state index contributed by atoms with van der Waals surface area (Å²) < 4.78 is 0. The second kappa shape index (κ2) is 11.7. The minimum absolute atomic E-state index is 0. The number of carbonyl (C=O) groups excluding carboxylic acids is 2. The van der Waals surface area contributed by atoms with Gasteiger partial charge in [-0.3, -0.25) is 9.59 Å². The molecule has 0 bridgehead atoms. The van der Waals surface area contributed by atoms with Gasteiger partial charge in [0.15, 0.2) is 0 Å². The predicted octanol–water partition coefficient (Wildman–Crippen LogP) is 2.81. The first kappa shape index (κ1) is 23.0. The normalized spacial score (nSPS) is 20.4. The van der Waals surface area contributed by atoms with E-state index in [1.54, 1.807) is 11.8 Å². The third kappa shape index (κ3) is 6.39. The average Bonchev–Trinajstić information content (AvgIpc) is 2.71. The van der Waals surface area contributed by atoms with Crippen LogP contribution in [0.2, 0.25) is 0 Å². The van der Waals surface area contributed by atoms with Crippen molar-refractivity contribution >= 4 is 36.0 Å². The molecule has 2 aliphatic rings. The van der Waals surface area contributed by atoms with E-state index in [-0.39, 0.29) is 36.3 Å². The molecule has 1 saturated carbocycles. The van der Waals surface area contributed by atoms with Gasteiger partial charge in [0.25, 0.3) is 0 Å². The van der Waals surface area contributed by atoms with Crippen molar-refractivity contribution in [1.82, 2.24) is 16.0 Å². The number of hydrogen-bond donors (Lipinski definition) is 3. The molecular weight excluding hydrogens is 394 g/mol. The van der Waals surface area contributed by atoms with Crippen molar-refractivity contribution in [1.29, 1.82) is 0 Å². The molecule has 28 heavy (non-hydrogen) atoms. The highest BCUT2D eigenvalue weighted by molar-refractivity contribution is 7.98. The summed E-state index contributed by atoms with van der Waals surface area (Å²) in [6.45, 7) is 0.692. The zero-order valence-corrected chi connectivity index (χ0v) is 18.2. The van der Waals surface area contributed by atoms with Gasteiger partial charge in [0.1, 0.15) is 6.04 Å². The minimum atomic E-state index is -0.453. The molecule has 2 atom stereocenters. The molecule has 3 rings (SSSR count). The number of hydrogen-bond acceptors (Lipinski definition) is 4. The van der Waals surface area contributed by atoms with Crippen molar-refractivity contribution in [2.75, 3.05) is 12.0 Å². The molecular formula is C21H32ClN3O2S. The SMILES string of the molecule is CSCC[C@H](NC(=O)[C@@H]1Cc2ccccc2CN1)C(=O)NC1CCCCC1.Cl. The third-order valence-electron chi connectivity index (χ3n) is 5.59. The molecule has 0 saturated heterocycles. The number of amides is 2. The quantitative estimate of drug-likeness (QED) is 0.628. The predicted molar refractivity (Wildman–Crippen MR) is 118 cm³/mol. The van der Waals surface area contributed by atoms with E-state index < -0.39 is 6.04 Å². The first-order chi connectivity index (χ1) is 13.2. The van der Waals surface area contributed by atoms with Crippen LogP contribution >= 0.6 is 24.2 Å². The van der Waals surface area contributed by atoms with E-state index in [2.05, 4.69) is 28.1 Å². The van der Waals surface area contributed by atoms with Gasteiger partial charge in [-0.05, 0) is 48.8 Å². The van der Waals surface area contributed by atoms with Crippen molar-refractivity contribution in [3.8, 4) is 0 Å². The Kier molecular flexibility index (Phi) is 9.62. The molecule has 1 aliphatic heterocycles. The highest BCUT2D eigenvalue weighted by atomic mass is 35.5. The molecule has 5 nitrogen and oxygen atoms in total. The van der Waals surface area contributed by atoms with Gasteiger partial charge in [-0.1, -0.05) is 43.5 Å². The Morgan fingerprint density at radius 1 is 1.18 bits per heavy atom. The van der Waals surface area contributed by atoms with Gasteiger partial charge in [-0.15, -0.1) is 12.4 Å². The summed E-state index contributed by atoms with van der Waals surface area (Å²) in [5.41, 5.74) is 2.46. The Balaban J connectivity index is 0.00000280. The molecule has 1 aliphatic carbocycles. The minimum Gasteiger partial charge on any atom is -0.352 e. The maximum absolute atomic E-state index is 12.8. The number of halogens is 1. The van der Waals surface area contributed by atoms with Gasteiger partial charge in [0.2, 0.25) is 11.8 Å². The van der Waals surface area contributed by atoms with Crippen molar-refractivity contribution in [2.45, 2.75) is 69.6 Å². The van der Waals surface area contributed by atoms with E-state index in [0.717, 1.165) is 18.6 Å². The highest BCUT2D eigenvalue weighted by Gasteiger charge is 2.29. The van der Waals surface area contributed by atoms with Crippen LogP contribution in [0, 0.1) is 0 Å². The first-order valence-electron chi connectivity index (χ1n) is 10.1. The molecule has 0 radical (unpaired) electrons. The number of thioether (sulfide) groups is 1. The fourth-order valence-electron chi connectivity index (χ4n) is 3.97. The smallest absolute Gasteiger partial charge is 0.242 e. The first-order valence-corrected chi connectivity index (χ1v) is 11.5. The number of carbonyl (C=O) groups is 2. The van der Waals surface area contributed by atoms with Crippen LogP contribution in [-0.2, 0) is 22.6 Å². The highest BCUT2D eigenvalue weighted by Crippen LogP contribution is 2.18. The largest absolute Gasteiger partial charge is 0.352 e. The summed E-state index contributed by atoms with van der Waals surface area (Å²) in [4.78, 5) is 25.6. The summed E-state index contributed by atoms with van der Waals surface area (Å²) in [7, 11) is 0. The summed E-state index contributed by atoms with van der Waals surface area (Å²) in [5.74, 6) is 0.749. The maximum Gasteiger partial charge on any atom is 0.242 e. The van der Waals surface area contributed by atoms with Crippen LogP contribution in [0.4, 0.5) is 0 Å². The van der Waals surface area contributed by atoms with Gasteiger partial charge < -0.3 is 16.0 Å². The standard InChI is InChI=1S/C21H31N3O2S.ClH/c1-27-12-11-18(20(25)23-17-9-3-2-4-10-17)24-21(26)19-13-15-7-5-6-8-16(15)14-22-19;/h5-8,17-19,22H,2-4,9-14H2,1H3,(H,23,25)(H,24,26);1H/t18-,19-;/m0./s1. The van der Waals surface area contributed by atoms with Crippen LogP contribution in [-0.4, -0.2) is 41.9 Å². The molecule has 0 spiro atoms. The topological polar surface area (TPSA) is 70.2 Å². The Labute approximate surface area is 178 Å². The fraction of sp³-hybridized carbons (Fsp3) is 0.619. The molecule has 0 aromatic heterocycles. The molecule has 1 aromatic rings. The van der Waals surface area contributed by atoms with E-state index in [1.165, 1.54) is 30.4 Å². The summed E-state index contributed by atoms with van der Waals surface area (Å²) in [6, 6.07) is 7.74. The second-order valence-corrected chi connectivity index (χ2v) is 8.58. The van der Waals surface area contributed by atoms with Crippen molar-refractivity contribution in [3.63, 3.8) is 0 Å². The number of rotatable bonds is 7. The van der Waals surface area contributed by atoms with Crippen LogP contribution in [0.5, 0.6) is 0 Å². The molecule has 0 unspecified atom stereocenters. The molecule has 1 aromatic carbocycles. The molecule has 1 fully saturated rings. The van der Waals surface area contributed by atoms with Gasteiger partial charge in [-0.25, -0.2) is 0 Å². The van der Waals surface area contributed by atoms with Crippen LogP contribution < -0.4 is 16.0 Å². The Bertz CT molecular complexity index is 652. The van der Waals surface area contributed by atoms with Crippen LogP contribution in [0.25, 0.3) is 0 Å². The fourth-order valence-corrected chi connectivity index (χ4v) is 4.44. The van der Waals surface area contributed by atoms with Gasteiger partial charge in [0, 0.05) is 12.6 Å². The number of fused-ring (bicyclic) bond motifs is 1. The number of nitrogens with one attached hydrogen (secondary N) is 3. The molecule has 156 valence electrons. The van der Waals surface area contributed by atoms with Crippen LogP contribution in [0.3, 0.4) is 0 Å². The second-order valence-electron chi connectivity index (χ2n) is 7.59. The van der Waals surface area contributed by atoms with Crippen molar-refractivity contribution in [2.24, 2.45) is 0 Å². The van der Waals surface area contributed by atoms with Crippen molar-refractivity contribution < 1.29 is 9.59 Å². The number of benzene rings is 1. The Morgan fingerprint density at radius 3 is 2.61 bits per heavy atom. The zero-order chi connectivity index (χ0) is 19.1. The van der Waals surface area contributed by atoms with Crippen LogP contribution in [0.15, 0.2) is 24.3 Å². The molecule has 7 heteroatoms. The monoisotopic (exact) mass is 425 g/mol. The van der Waals surface area contributed by atoms with E-state index in [9.17, 15) is 9.59 Å². The summed E-state index contributed by atoms with van der Waals surface area (Å²) in [6.07, 6.45) is 9.07. The van der Waals surface area contributed by atoms with Gasteiger partial charge in [0.05, 0.1) is 6.04 Å². The molecule has 3 N–H and O–H groups in total. The summed E-state index contributed by atoms with van der Waals surface area (Å²) in [5, 5.41) is 9.49. The van der Waals surface area contributed by atoms with Gasteiger partial charge in [-0.2, -0.15) is 11.8 Å². The third-order valence-corrected chi connectivity index (χ3v) is 6.24. The van der Waals surface area contributed by atoms with E-state index in [1.807, 2.05) is 18.4 Å². The molecule has 2 amide bonds. The van der Waals surface area contributed by atoms with Gasteiger partial charge >= 0.3 is 0 Å². The van der Waals surface area contributed by atoms with E-state index >= 15 is 0 Å².